The van der Waals surface area contributed by atoms with Crippen molar-refractivity contribution in [3.8, 4) is 16.9 Å². The van der Waals surface area contributed by atoms with E-state index in [0.29, 0.717) is 11.4 Å². The maximum Gasteiger partial charge on any atom is 0.326 e. The lowest BCUT2D eigenvalue weighted by molar-refractivity contribution is 0.171. The highest BCUT2D eigenvalue weighted by molar-refractivity contribution is 5.85. The molecule has 0 radical (unpaired) electrons. The van der Waals surface area contributed by atoms with E-state index >= 15 is 0 Å². The van der Waals surface area contributed by atoms with E-state index in [4.69, 9.17) is 4.74 Å². The van der Waals surface area contributed by atoms with Crippen LogP contribution in [0.15, 0.2) is 35.5 Å². The zero-order valence-corrected chi connectivity index (χ0v) is 20.1. The highest BCUT2D eigenvalue weighted by atomic mass is 16.5. The van der Waals surface area contributed by atoms with Gasteiger partial charge in [-0.05, 0) is 73.4 Å². The number of fused-ring (bicyclic) bond motifs is 2. The topological polar surface area (TPSA) is 80.5 Å². The number of likely N-dealkylation sites (tertiary alicyclic amines) is 1. The zero-order chi connectivity index (χ0) is 23.4. The lowest BCUT2D eigenvalue weighted by Crippen LogP contribution is -2.40. The number of H-pyrrole nitrogens is 1. The van der Waals surface area contributed by atoms with Crippen molar-refractivity contribution in [2.75, 3.05) is 26.7 Å². The van der Waals surface area contributed by atoms with Gasteiger partial charge in [0.25, 0.3) is 0 Å². The predicted octanol–water partition coefficient (Wildman–Crippen LogP) is 4.22. The third-order valence-corrected chi connectivity index (χ3v) is 7.44. The van der Waals surface area contributed by atoms with Crippen molar-refractivity contribution in [2.45, 2.75) is 51.5 Å². The summed E-state index contributed by atoms with van der Waals surface area (Å²) in [6, 6.07) is 6.55. The lowest BCUT2D eigenvalue weighted by atomic mass is 9.92. The number of ether oxygens (including phenoxy) is 1. The van der Waals surface area contributed by atoms with E-state index < -0.39 is 0 Å². The van der Waals surface area contributed by atoms with Gasteiger partial charge in [0, 0.05) is 24.8 Å². The van der Waals surface area contributed by atoms with Gasteiger partial charge < -0.3 is 14.6 Å². The molecule has 2 aliphatic rings. The van der Waals surface area contributed by atoms with E-state index in [0.717, 1.165) is 54.0 Å². The number of benzene rings is 1. The van der Waals surface area contributed by atoms with Crippen LogP contribution in [0.4, 0.5) is 0 Å². The van der Waals surface area contributed by atoms with Gasteiger partial charge in [-0.25, -0.2) is 14.3 Å². The molecule has 6 rings (SSSR count). The summed E-state index contributed by atoms with van der Waals surface area (Å²) in [4.78, 5) is 23.2. The summed E-state index contributed by atoms with van der Waals surface area (Å²) in [6.45, 7) is 7.69. The Bertz CT molecular complexity index is 1410. The van der Waals surface area contributed by atoms with Crippen LogP contribution in [0.5, 0.6) is 5.75 Å². The molecular formula is C26H32N6O2. The van der Waals surface area contributed by atoms with Crippen molar-refractivity contribution in [2.24, 2.45) is 5.92 Å². The molecular weight excluding hydrogens is 428 g/mol. The number of pyridine rings is 1. The standard InChI is InChI=1S/C26H32N6O2/c1-16(2)20-11-23-22(10-21(20)18-9-24(34-3)25-27-15-28-31(25)13-18)29-26(33)32(23)19-5-4-8-30(14-19)12-17-6-7-17/h9-11,13,15-17,19H,4-8,12,14H2,1-3H3,(H,29,33)/t19-/m0/s1. The monoisotopic (exact) mass is 460 g/mol. The molecule has 1 saturated carbocycles. The minimum atomic E-state index is -0.00978. The minimum Gasteiger partial charge on any atom is -0.493 e. The van der Waals surface area contributed by atoms with Crippen LogP contribution in [0, 0.1) is 5.92 Å². The zero-order valence-electron chi connectivity index (χ0n) is 20.1. The first-order valence-electron chi connectivity index (χ1n) is 12.4. The summed E-state index contributed by atoms with van der Waals surface area (Å²) in [6.07, 6.45) is 8.42. The van der Waals surface area contributed by atoms with Crippen LogP contribution < -0.4 is 10.4 Å². The largest absolute Gasteiger partial charge is 0.493 e. The van der Waals surface area contributed by atoms with Crippen LogP contribution in [0.1, 0.15) is 57.1 Å². The Hall–Kier alpha value is -3.13. The second kappa shape index (κ2) is 8.27. The number of nitrogens with one attached hydrogen (secondary N) is 1. The van der Waals surface area contributed by atoms with Crippen LogP contribution in [0.25, 0.3) is 27.8 Å². The van der Waals surface area contributed by atoms with E-state index in [1.807, 2.05) is 16.8 Å². The van der Waals surface area contributed by atoms with Gasteiger partial charge in [0.05, 0.1) is 24.2 Å². The normalized spacial score (nSPS) is 19.5. The number of hydrogen-bond donors (Lipinski definition) is 1. The molecule has 1 aliphatic carbocycles. The van der Waals surface area contributed by atoms with Gasteiger partial charge in [0.1, 0.15) is 6.33 Å². The maximum absolute atomic E-state index is 13.2. The number of aromatic nitrogens is 5. The summed E-state index contributed by atoms with van der Waals surface area (Å²) >= 11 is 0. The third kappa shape index (κ3) is 3.70. The molecule has 34 heavy (non-hydrogen) atoms. The number of hydrogen-bond acceptors (Lipinski definition) is 5. The fourth-order valence-corrected chi connectivity index (χ4v) is 5.55. The smallest absolute Gasteiger partial charge is 0.326 e. The fourth-order valence-electron chi connectivity index (χ4n) is 5.55. The van der Waals surface area contributed by atoms with Crippen LogP contribution in [0.2, 0.25) is 0 Å². The summed E-state index contributed by atoms with van der Waals surface area (Å²) in [7, 11) is 1.65. The fraction of sp³-hybridized carbons (Fsp3) is 0.500. The number of nitrogens with zero attached hydrogens (tertiary/aromatic N) is 5. The highest BCUT2D eigenvalue weighted by Gasteiger charge is 2.29. The van der Waals surface area contributed by atoms with E-state index in [-0.39, 0.29) is 17.6 Å². The Morgan fingerprint density at radius 1 is 1.21 bits per heavy atom. The average molecular weight is 461 g/mol. The molecule has 0 bridgehead atoms. The number of piperidine rings is 1. The molecule has 4 aromatic rings. The van der Waals surface area contributed by atoms with Gasteiger partial charge in [-0.3, -0.25) is 4.57 Å². The summed E-state index contributed by atoms with van der Waals surface area (Å²) in [5.74, 6) is 1.83. The third-order valence-electron chi connectivity index (χ3n) is 7.44. The molecule has 2 fully saturated rings. The van der Waals surface area contributed by atoms with Crippen molar-refractivity contribution in [1.82, 2.24) is 29.0 Å². The van der Waals surface area contributed by atoms with Crippen molar-refractivity contribution in [3.63, 3.8) is 0 Å². The van der Waals surface area contributed by atoms with Crippen molar-refractivity contribution < 1.29 is 4.74 Å². The Balaban J connectivity index is 1.45. The SMILES string of the molecule is COc1cc(-c2cc3[nH]c(=O)n([C@H]4CCCN(CC5CC5)C4)c3cc2C(C)C)cn2ncnc12. The molecule has 8 nitrogen and oxygen atoms in total. The quantitative estimate of drug-likeness (QED) is 0.466. The molecule has 3 aromatic heterocycles. The summed E-state index contributed by atoms with van der Waals surface area (Å²) < 4.78 is 9.35. The maximum atomic E-state index is 13.2. The Morgan fingerprint density at radius 2 is 2.06 bits per heavy atom. The van der Waals surface area contributed by atoms with Gasteiger partial charge in [0.15, 0.2) is 11.4 Å². The van der Waals surface area contributed by atoms with Crippen molar-refractivity contribution in [3.05, 3.63) is 46.8 Å². The van der Waals surface area contributed by atoms with Crippen LogP contribution in [0.3, 0.4) is 0 Å². The lowest BCUT2D eigenvalue weighted by Gasteiger charge is -2.33. The first-order valence-corrected chi connectivity index (χ1v) is 12.4. The van der Waals surface area contributed by atoms with Gasteiger partial charge in [-0.15, -0.1) is 0 Å². The molecule has 1 aliphatic heterocycles. The first kappa shape index (κ1) is 21.4. The van der Waals surface area contributed by atoms with Crippen LogP contribution in [-0.2, 0) is 0 Å². The van der Waals surface area contributed by atoms with E-state index in [1.165, 1.54) is 31.3 Å². The number of rotatable bonds is 6. The number of imidazole rings is 1. The number of methoxy groups -OCH3 is 1. The van der Waals surface area contributed by atoms with Crippen LogP contribution >= 0.6 is 0 Å². The summed E-state index contributed by atoms with van der Waals surface area (Å²) in [5, 5.41) is 4.32. The Labute approximate surface area is 198 Å². The summed E-state index contributed by atoms with van der Waals surface area (Å²) in [5.41, 5.74) is 5.82. The highest BCUT2D eigenvalue weighted by Crippen LogP contribution is 2.36. The van der Waals surface area contributed by atoms with Crippen LogP contribution in [-0.4, -0.2) is 55.8 Å². The van der Waals surface area contributed by atoms with Gasteiger partial charge >= 0.3 is 5.69 Å². The second-order valence-corrected chi connectivity index (χ2v) is 10.2. The van der Waals surface area contributed by atoms with Gasteiger partial charge in [-0.2, -0.15) is 5.10 Å². The molecule has 0 unspecified atom stereocenters. The molecule has 1 aromatic carbocycles. The molecule has 0 amide bonds. The predicted molar refractivity (Wildman–Crippen MR) is 133 cm³/mol. The molecule has 4 heterocycles. The van der Waals surface area contributed by atoms with Gasteiger partial charge in [-0.1, -0.05) is 13.8 Å². The number of aromatic amines is 1. The first-order chi connectivity index (χ1) is 16.5. The molecule has 0 spiro atoms. The van der Waals surface area contributed by atoms with Crippen molar-refractivity contribution >= 4 is 16.7 Å². The molecule has 1 atom stereocenters. The van der Waals surface area contributed by atoms with E-state index in [9.17, 15) is 4.79 Å². The van der Waals surface area contributed by atoms with E-state index in [2.05, 4.69) is 45.9 Å². The second-order valence-electron chi connectivity index (χ2n) is 10.2. The van der Waals surface area contributed by atoms with Crippen molar-refractivity contribution in [1.29, 1.82) is 0 Å². The molecule has 178 valence electrons. The minimum absolute atomic E-state index is 0.00978. The van der Waals surface area contributed by atoms with E-state index in [1.54, 1.807) is 11.6 Å². The average Bonchev–Trinajstić information content (AvgIpc) is 3.39. The van der Waals surface area contributed by atoms with Gasteiger partial charge in [0.2, 0.25) is 0 Å². The Morgan fingerprint density at radius 3 is 2.82 bits per heavy atom. The Kier molecular flexibility index (Phi) is 5.21. The molecule has 1 N–H and O–H groups in total. The molecule has 8 heteroatoms. The molecule has 1 saturated heterocycles.